The van der Waals surface area contributed by atoms with Crippen molar-refractivity contribution in [3.63, 3.8) is 0 Å². The van der Waals surface area contributed by atoms with Crippen LogP contribution in [0.5, 0.6) is 0 Å². The van der Waals surface area contributed by atoms with Crippen LogP contribution in [0.1, 0.15) is 57.8 Å². The largest absolute Gasteiger partial charge is 0.462 e. The highest BCUT2D eigenvalue weighted by Gasteiger charge is 2.27. The standard InChI is InChI=1S/C36H35N3O5S/c1-4-22-39-34(33(25(3)37-39)36(41)44-5-2)31-21-20-28(24-29(31)23-26-14-8-6-9-15-26)30-18-12-13-19-32(30)45(42,43)38-35(40)27-16-10-7-11-17-27/h6-21,24H,4-5,22-23H2,1-3H3,(H,38,40). The van der Waals surface area contributed by atoms with Crippen molar-refractivity contribution in [2.45, 2.75) is 45.1 Å². The molecule has 0 bridgehead atoms. The topological polar surface area (TPSA) is 107 Å². The fraction of sp³-hybridized carbons (Fsp3) is 0.194. The third-order valence-corrected chi connectivity index (χ3v) is 8.78. The van der Waals surface area contributed by atoms with Crippen LogP contribution >= 0.6 is 0 Å². The first-order valence-electron chi connectivity index (χ1n) is 14.9. The van der Waals surface area contributed by atoms with Gasteiger partial charge < -0.3 is 4.74 Å². The van der Waals surface area contributed by atoms with Crippen LogP contribution in [0.4, 0.5) is 0 Å². The summed E-state index contributed by atoms with van der Waals surface area (Å²) in [6.45, 7) is 6.46. The number of hydrogen-bond acceptors (Lipinski definition) is 6. The first-order chi connectivity index (χ1) is 21.7. The molecule has 0 aliphatic heterocycles. The van der Waals surface area contributed by atoms with E-state index in [0.29, 0.717) is 41.0 Å². The van der Waals surface area contributed by atoms with Gasteiger partial charge in [-0.25, -0.2) is 17.9 Å². The Balaban J connectivity index is 1.66. The molecule has 5 rings (SSSR count). The summed E-state index contributed by atoms with van der Waals surface area (Å²) in [6.07, 6.45) is 1.32. The van der Waals surface area contributed by atoms with Crippen molar-refractivity contribution in [1.29, 1.82) is 0 Å². The van der Waals surface area contributed by atoms with Gasteiger partial charge in [-0.15, -0.1) is 0 Å². The fourth-order valence-electron chi connectivity index (χ4n) is 5.40. The highest BCUT2D eigenvalue weighted by atomic mass is 32.2. The van der Waals surface area contributed by atoms with Crippen LogP contribution < -0.4 is 4.72 Å². The Morgan fingerprint density at radius 2 is 1.51 bits per heavy atom. The number of nitrogens with zero attached hydrogens (tertiary/aromatic N) is 2. The summed E-state index contributed by atoms with van der Waals surface area (Å²) in [6, 6.07) is 30.4. The van der Waals surface area contributed by atoms with Crippen LogP contribution in [0.3, 0.4) is 0 Å². The van der Waals surface area contributed by atoms with Crippen LogP contribution in [-0.4, -0.2) is 36.7 Å². The highest BCUT2D eigenvalue weighted by Crippen LogP contribution is 2.36. The molecular formula is C36H35N3O5S. The average molecular weight is 622 g/mol. The van der Waals surface area contributed by atoms with Gasteiger partial charge in [-0.2, -0.15) is 5.10 Å². The lowest BCUT2D eigenvalue weighted by Crippen LogP contribution is -2.30. The lowest BCUT2D eigenvalue weighted by atomic mass is 9.92. The summed E-state index contributed by atoms with van der Waals surface area (Å²) < 4.78 is 36.7. The Hall–Kier alpha value is -5.02. The molecule has 1 N–H and O–H groups in total. The molecule has 5 aromatic rings. The molecule has 1 heterocycles. The van der Waals surface area contributed by atoms with Crippen LogP contribution in [0.25, 0.3) is 22.4 Å². The number of rotatable bonds is 11. The number of hydrogen-bond donors (Lipinski definition) is 1. The minimum Gasteiger partial charge on any atom is -0.462 e. The molecule has 0 saturated heterocycles. The molecular weight excluding hydrogens is 586 g/mol. The minimum absolute atomic E-state index is 0.0215. The van der Waals surface area contributed by atoms with Gasteiger partial charge in [0, 0.05) is 23.2 Å². The van der Waals surface area contributed by atoms with Crippen molar-refractivity contribution in [3.8, 4) is 22.4 Å². The molecule has 0 aliphatic rings. The molecule has 4 aromatic carbocycles. The molecule has 45 heavy (non-hydrogen) atoms. The Bertz CT molecular complexity index is 1930. The number of amides is 1. The number of carbonyl (C=O) groups excluding carboxylic acids is 2. The fourth-order valence-corrected chi connectivity index (χ4v) is 6.60. The zero-order chi connectivity index (χ0) is 32.0. The van der Waals surface area contributed by atoms with E-state index in [9.17, 15) is 18.0 Å². The number of ether oxygens (including phenoxy) is 1. The quantitative estimate of drug-likeness (QED) is 0.162. The lowest BCUT2D eigenvalue weighted by Gasteiger charge is -2.17. The molecule has 0 saturated carbocycles. The van der Waals surface area contributed by atoms with E-state index in [1.807, 2.05) is 60.1 Å². The predicted octanol–water partition coefficient (Wildman–Crippen LogP) is 6.82. The minimum atomic E-state index is -4.23. The number of aryl methyl sites for hydroxylation is 2. The molecule has 0 atom stereocenters. The maximum absolute atomic E-state index is 13.6. The van der Waals surface area contributed by atoms with E-state index in [0.717, 1.165) is 23.1 Å². The van der Waals surface area contributed by atoms with E-state index in [1.54, 1.807) is 62.4 Å². The van der Waals surface area contributed by atoms with Crippen molar-refractivity contribution in [1.82, 2.24) is 14.5 Å². The van der Waals surface area contributed by atoms with Gasteiger partial charge in [0.25, 0.3) is 15.9 Å². The van der Waals surface area contributed by atoms with Crippen molar-refractivity contribution in [3.05, 3.63) is 131 Å². The van der Waals surface area contributed by atoms with E-state index in [-0.39, 0.29) is 17.1 Å². The highest BCUT2D eigenvalue weighted by molar-refractivity contribution is 7.90. The van der Waals surface area contributed by atoms with E-state index in [4.69, 9.17) is 9.84 Å². The Morgan fingerprint density at radius 1 is 0.844 bits per heavy atom. The van der Waals surface area contributed by atoms with Gasteiger partial charge in [-0.3, -0.25) is 9.48 Å². The molecule has 0 fully saturated rings. The van der Waals surface area contributed by atoms with Crippen molar-refractivity contribution in [2.75, 3.05) is 6.61 Å². The number of aromatic nitrogens is 2. The molecule has 0 unspecified atom stereocenters. The van der Waals surface area contributed by atoms with Crippen LogP contribution in [0, 0.1) is 6.92 Å². The Kier molecular flexibility index (Phi) is 9.59. The first-order valence-corrected chi connectivity index (χ1v) is 16.3. The van der Waals surface area contributed by atoms with Crippen molar-refractivity contribution in [2.24, 2.45) is 0 Å². The smallest absolute Gasteiger partial charge is 0.342 e. The molecule has 0 aliphatic carbocycles. The summed E-state index contributed by atoms with van der Waals surface area (Å²) in [5, 5.41) is 4.70. The maximum Gasteiger partial charge on any atom is 0.342 e. The molecule has 0 spiro atoms. The van der Waals surface area contributed by atoms with Gasteiger partial charge in [0.15, 0.2) is 0 Å². The van der Waals surface area contributed by atoms with Crippen molar-refractivity contribution < 1.29 is 22.7 Å². The summed E-state index contributed by atoms with van der Waals surface area (Å²) in [7, 11) is -4.23. The van der Waals surface area contributed by atoms with E-state index in [1.165, 1.54) is 6.07 Å². The number of sulfonamides is 1. The van der Waals surface area contributed by atoms with Crippen LogP contribution in [0.2, 0.25) is 0 Å². The number of nitrogens with one attached hydrogen (secondary N) is 1. The Labute approximate surface area is 263 Å². The zero-order valence-corrected chi connectivity index (χ0v) is 26.3. The molecule has 0 radical (unpaired) electrons. The van der Waals surface area contributed by atoms with Gasteiger partial charge in [0.2, 0.25) is 0 Å². The predicted molar refractivity (Wildman–Crippen MR) is 174 cm³/mol. The van der Waals surface area contributed by atoms with E-state index < -0.39 is 21.9 Å². The third kappa shape index (κ3) is 6.89. The van der Waals surface area contributed by atoms with Crippen LogP contribution in [-0.2, 0) is 27.7 Å². The van der Waals surface area contributed by atoms with E-state index in [2.05, 4.69) is 4.72 Å². The zero-order valence-electron chi connectivity index (χ0n) is 25.5. The summed E-state index contributed by atoms with van der Waals surface area (Å²) in [4.78, 5) is 26.0. The molecule has 230 valence electrons. The number of benzene rings is 4. The van der Waals surface area contributed by atoms with Crippen LogP contribution in [0.15, 0.2) is 108 Å². The molecule has 9 heteroatoms. The molecule has 1 aromatic heterocycles. The van der Waals surface area contributed by atoms with Gasteiger partial charge in [-0.1, -0.05) is 91.9 Å². The maximum atomic E-state index is 13.6. The normalized spacial score (nSPS) is 11.3. The van der Waals surface area contributed by atoms with E-state index >= 15 is 0 Å². The number of carbonyl (C=O) groups is 2. The van der Waals surface area contributed by atoms with Crippen molar-refractivity contribution >= 4 is 21.9 Å². The van der Waals surface area contributed by atoms with Gasteiger partial charge >= 0.3 is 5.97 Å². The SMILES string of the molecule is CCCn1nc(C)c(C(=O)OCC)c1-c1ccc(-c2ccccc2S(=O)(=O)NC(=O)c2ccccc2)cc1Cc1ccccc1. The number of esters is 1. The molecule has 8 nitrogen and oxygen atoms in total. The molecule has 1 amide bonds. The summed E-state index contributed by atoms with van der Waals surface area (Å²) >= 11 is 0. The second kappa shape index (κ2) is 13.7. The van der Waals surface area contributed by atoms with Gasteiger partial charge in [0.1, 0.15) is 5.56 Å². The lowest BCUT2D eigenvalue weighted by molar-refractivity contribution is 0.0526. The van der Waals surface area contributed by atoms with Gasteiger partial charge in [0.05, 0.1) is 22.9 Å². The second-order valence-corrected chi connectivity index (χ2v) is 12.2. The monoisotopic (exact) mass is 621 g/mol. The summed E-state index contributed by atoms with van der Waals surface area (Å²) in [5.74, 6) is -1.15. The first kappa shape index (κ1) is 31.4. The third-order valence-electron chi connectivity index (χ3n) is 7.39. The summed E-state index contributed by atoms with van der Waals surface area (Å²) in [5.41, 5.74) is 5.72. The second-order valence-electron chi connectivity index (χ2n) is 10.6. The Morgan fingerprint density at radius 3 is 2.20 bits per heavy atom. The average Bonchev–Trinajstić information content (AvgIpc) is 3.37. The van der Waals surface area contributed by atoms with Gasteiger partial charge in [-0.05, 0) is 61.6 Å².